The van der Waals surface area contributed by atoms with Crippen molar-refractivity contribution in [1.82, 2.24) is 20.4 Å². The Morgan fingerprint density at radius 1 is 1.20 bits per heavy atom. The Hall–Kier alpha value is -2.42. The van der Waals surface area contributed by atoms with Crippen LogP contribution in [0, 0.1) is 0 Å². The number of ether oxygens (including phenoxy) is 1. The molecule has 30 heavy (non-hydrogen) atoms. The van der Waals surface area contributed by atoms with Gasteiger partial charge in [0.2, 0.25) is 0 Å². The molecule has 1 saturated heterocycles. The van der Waals surface area contributed by atoms with E-state index < -0.39 is 0 Å². The first-order valence-electron chi connectivity index (χ1n) is 10.2. The number of guanidine groups is 1. The van der Waals surface area contributed by atoms with Crippen molar-refractivity contribution < 1.29 is 9.53 Å². The zero-order chi connectivity index (χ0) is 21.3. The molecular formula is C22H31N5O2S. The summed E-state index contributed by atoms with van der Waals surface area (Å²) in [6.45, 7) is 4.85. The molecule has 1 aliphatic heterocycles. The van der Waals surface area contributed by atoms with E-state index in [2.05, 4.69) is 38.0 Å². The normalized spacial score (nSPS) is 16.2. The van der Waals surface area contributed by atoms with Gasteiger partial charge in [0, 0.05) is 57.8 Å². The average molecular weight is 430 g/mol. The van der Waals surface area contributed by atoms with Gasteiger partial charge in [-0.2, -0.15) is 0 Å². The van der Waals surface area contributed by atoms with Crippen LogP contribution in [0.4, 0.5) is 0 Å². The van der Waals surface area contributed by atoms with Gasteiger partial charge in [-0.05, 0) is 29.1 Å². The molecule has 1 fully saturated rings. The van der Waals surface area contributed by atoms with Gasteiger partial charge in [0.1, 0.15) is 0 Å². The third kappa shape index (κ3) is 6.04. The fourth-order valence-corrected chi connectivity index (χ4v) is 4.26. The average Bonchev–Trinajstić information content (AvgIpc) is 3.31. The van der Waals surface area contributed by atoms with Crippen molar-refractivity contribution in [2.45, 2.75) is 12.6 Å². The van der Waals surface area contributed by atoms with Gasteiger partial charge >= 0.3 is 0 Å². The number of aliphatic imine (C=N–C) groups is 1. The lowest BCUT2D eigenvalue weighted by molar-refractivity contribution is 0.0177. The highest BCUT2D eigenvalue weighted by Gasteiger charge is 2.23. The monoisotopic (exact) mass is 429 g/mol. The van der Waals surface area contributed by atoms with Crippen LogP contribution >= 0.6 is 11.3 Å². The van der Waals surface area contributed by atoms with Crippen LogP contribution in [-0.2, 0) is 11.3 Å². The molecule has 1 aromatic heterocycles. The van der Waals surface area contributed by atoms with Crippen LogP contribution in [0.15, 0.2) is 46.8 Å². The second kappa shape index (κ2) is 11.1. The molecule has 7 nitrogen and oxygen atoms in total. The lowest BCUT2D eigenvalue weighted by Gasteiger charge is -2.34. The number of morpholine rings is 1. The fourth-order valence-electron chi connectivity index (χ4n) is 3.40. The molecule has 0 saturated carbocycles. The topological polar surface area (TPSA) is 69.2 Å². The van der Waals surface area contributed by atoms with Gasteiger partial charge in [-0.3, -0.25) is 14.7 Å². The molecule has 1 atom stereocenters. The largest absolute Gasteiger partial charge is 0.379 e. The number of rotatable bonds is 7. The van der Waals surface area contributed by atoms with Gasteiger partial charge in [-0.25, -0.2) is 0 Å². The Labute approximate surface area is 182 Å². The Morgan fingerprint density at radius 3 is 2.53 bits per heavy atom. The fraction of sp³-hybridized carbons (Fsp3) is 0.455. The van der Waals surface area contributed by atoms with Crippen LogP contribution in [0.2, 0.25) is 0 Å². The summed E-state index contributed by atoms with van der Waals surface area (Å²) in [4.78, 5) is 21.8. The van der Waals surface area contributed by atoms with Gasteiger partial charge in [0.05, 0.1) is 19.3 Å². The van der Waals surface area contributed by atoms with Crippen LogP contribution in [0.3, 0.4) is 0 Å². The van der Waals surface area contributed by atoms with Crippen molar-refractivity contribution in [2.24, 2.45) is 4.99 Å². The molecule has 0 spiro atoms. The second-order valence-corrected chi connectivity index (χ2v) is 8.36. The molecule has 3 rings (SSSR count). The Balaban J connectivity index is 1.55. The number of nitrogens with one attached hydrogen (secondary N) is 2. The van der Waals surface area contributed by atoms with E-state index >= 15 is 0 Å². The van der Waals surface area contributed by atoms with E-state index in [9.17, 15) is 4.79 Å². The summed E-state index contributed by atoms with van der Waals surface area (Å²) in [7, 11) is 5.30. The van der Waals surface area contributed by atoms with Crippen molar-refractivity contribution in [1.29, 1.82) is 0 Å². The Bertz CT molecular complexity index is 815. The van der Waals surface area contributed by atoms with Gasteiger partial charge in [-0.15, -0.1) is 11.3 Å². The minimum absolute atomic E-state index is 0.00900. The molecule has 2 heterocycles. The molecular weight excluding hydrogens is 398 g/mol. The zero-order valence-corrected chi connectivity index (χ0v) is 18.7. The van der Waals surface area contributed by atoms with Crippen LogP contribution < -0.4 is 10.6 Å². The third-order valence-electron chi connectivity index (χ3n) is 5.11. The SMILES string of the molecule is CN=C(NCc1ccc(C(=O)N(C)C)cc1)NCC(c1cccs1)N1CCOCC1. The van der Waals surface area contributed by atoms with E-state index in [1.54, 1.807) is 37.4 Å². The molecule has 1 unspecified atom stereocenters. The number of hydrogen-bond acceptors (Lipinski definition) is 5. The summed E-state index contributed by atoms with van der Waals surface area (Å²) in [5, 5.41) is 8.96. The first kappa shape index (κ1) is 22.3. The van der Waals surface area contributed by atoms with Gasteiger partial charge in [0.25, 0.3) is 5.91 Å². The predicted octanol–water partition coefficient (Wildman–Crippen LogP) is 2.19. The quantitative estimate of drug-likeness (QED) is 0.522. The first-order chi connectivity index (χ1) is 14.6. The van der Waals surface area contributed by atoms with E-state index in [4.69, 9.17) is 4.74 Å². The molecule has 0 aliphatic carbocycles. The molecule has 162 valence electrons. The summed E-state index contributed by atoms with van der Waals surface area (Å²) >= 11 is 1.79. The highest BCUT2D eigenvalue weighted by Crippen LogP contribution is 2.25. The maximum Gasteiger partial charge on any atom is 0.253 e. The molecule has 0 radical (unpaired) electrons. The van der Waals surface area contributed by atoms with E-state index in [-0.39, 0.29) is 5.91 Å². The number of benzene rings is 1. The summed E-state index contributed by atoms with van der Waals surface area (Å²) in [5.41, 5.74) is 1.78. The maximum atomic E-state index is 12.0. The van der Waals surface area contributed by atoms with E-state index in [0.717, 1.165) is 44.4 Å². The maximum absolute atomic E-state index is 12.0. The highest BCUT2D eigenvalue weighted by molar-refractivity contribution is 7.10. The van der Waals surface area contributed by atoms with Crippen molar-refractivity contribution in [3.05, 3.63) is 57.8 Å². The van der Waals surface area contributed by atoms with Crippen molar-refractivity contribution >= 4 is 23.2 Å². The highest BCUT2D eigenvalue weighted by atomic mass is 32.1. The van der Waals surface area contributed by atoms with Crippen LogP contribution in [-0.4, -0.2) is 75.7 Å². The standard InChI is InChI=1S/C22H31N5O2S/c1-23-22(24-15-17-6-8-18(9-7-17)21(28)26(2)3)25-16-19(20-5-4-14-30-20)27-10-12-29-13-11-27/h4-9,14,19H,10-13,15-16H2,1-3H3,(H2,23,24,25). The molecule has 2 N–H and O–H groups in total. The number of carbonyl (C=O) groups is 1. The Morgan fingerprint density at radius 2 is 1.93 bits per heavy atom. The molecule has 1 aromatic carbocycles. The molecule has 0 bridgehead atoms. The van der Waals surface area contributed by atoms with Gasteiger partial charge in [0.15, 0.2) is 5.96 Å². The third-order valence-corrected chi connectivity index (χ3v) is 6.09. The van der Waals surface area contributed by atoms with Crippen molar-refractivity contribution in [3.8, 4) is 0 Å². The number of hydrogen-bond donors (Lipinski definition) is 2. The lowest BCUT2D eigenvalue weighted by Crippen LogP contribution is -2.46. The van der Waals surface area contributed by atoms with Gasteiger partial charge in [-0.1, -0.05) is 18.2 Å². The molecule has 1 aliphatic rings. The van der Waals surface area contributed by atoms with E-state index in [0.29, 0.717) is 18.2 Å². The first-order valence-corrected chi connectivity index (χ1v) is 11.1. The number of thiophene rings is 1. The summed E-state index contributed by atoms with van der Waals surface area (Å²) < 4.78 is 5.52. The minimum atomic E-state index is 0.00900. The van der Waals surface area contributed by atoms with Crippen LogP contribution in [0.1, 0.15) is 26.8 Å². The summed E-state index contributed by atoms with van der Waals surface area (Å²) in [5.74, 6) is 0.771. The van der Waals surface area contributed by atoms with E-state index in [1.165, 1.54) is 4.88 Å². The van der Waals surface area contributed by atoms with E-state index in [1.807, 2.05) is 24.3 Å². The minimum Gasteiger partial charge on any atom is -0.379 e. The van der Waals surface area contributed by atoms with Crippen molar-refractivity contribution in [2.75, 3.05) is 54.0 Å². The summed E-state index contributed by atoms with van der Waals surface area (Å²) in [6, 6.07) is 12.3. The van der Waals surface area contributed by atoms with Gasteiger partial charge < -0.3 is 20.3 Å². The lowest BCUT2D eigenvalue weighted by atomic mass is 10.1. The molecule has 2 aromatic rings. The predicted molar refractivity (Wildman–Crippen MR) is 122 cm³/mol. The number of carbonyl (C=O) groups excluding carboxylic acids is 1. The van der Waals surface area contributed by atoms with Crippen LogP contribution in [0.25, 0.3) is 0 Å². The zero-order valence-electron chi connectivity index (χ0n) is 17.9. The number of nitrogens with zero attached hydrogens (tertiary/aromatic N) is 3. The smallest absolute Gasteiger partial charge is 0.253 e. The molecule has 8 heteroatoms. The van der Waals surface area contributed by atoms with Crippen molar-refractivity contribution in [3.63, 3.8) is 0 Å². The second-order valence-electron chi connectivity index (χ2n) is 7.38. The molecule has 1 amide bonds. The van der Waals surface area contributed by atoms with Crippen LogP contribution in [0.5, 0.6) is 0 Å². The number of amides is 1. The summed E-state index contributed by atoms with van der Waals surface area (Å²) in [6.07, 6.45) is 0. The Kier molecular flexibility index (Phi) is 8.24.